The van der Waals surface area contributed by atoms with E-state index in [-0.39, 0.29) is 11.7 Å². The maximum Gasteiger partial charge on any atom is 0.225 e. The van der Waals surface area contributed by atoms with E-state index >= 15 is 0 Å². The van der Waals surface area contributed by atoms with Crippen LogP contribution < -0.4 is 5.32 Å². The normalized spacial score (nSPS) is 10.6. The van der Waals surface area contributed by atoms with Gasteiger partial charge < -0.3 is 5.32 Å². The number of carbonyl (C=O) groups is 1. The van der Waals surface area contributed by atoms with Crippen molar-refractivity contribution in [3.63, 3.8) is 0 Å². The van der Waals surface area contributed by atoms with Crippen LogP contribution in [-0.4, -0.2) is 15.7 Å². The molecule has 1 aromatic heterocycles. The molecule has 4 nitrogen and oxygen atoms in total. The summed E-state index contributed by atoms with van der Waals surface area (Å²) in [6, 6.07) is 18.1. The maximum absolute atomic E-state index is 12.9. The van der Waals surface area contributed by atoms with Crippen molar-refractivity contribution < 1.29 is 9.18 Å². The maximum atomic E-state index is 12.9. The molecule has 0 aliphatic heterocycles. The van der Waals surface area contributed by atoms with Gasteiger partial charge in [0.2, 0.25) is 5.91 Å². The van der Waals surface area contributed by atoms with Crippen molar-refractivity contribution in [2.75, 3.05) is 5.32 Å². The topological polar surface area (TPSA) is 46.9 Å². The molecule has 0 aliphatic carbocycles. The van der Waals surface area contributed by atoms with E-state index in [0.29, 0.717) is 25.2 Å². The predicted molar refractivity (Wildman–Crippen MR) is 95.9 cm³/mol. The summed E-state index contributed by atoms with van der Waals surface area (Å²) in [6.45, 7) is 2.50. The van der Waals surface area contributed by atoms with E-state index in [1.54, 1.807) is 16.8 Å². The molecule has 0 aliphatic rings. The van der Waals surface area contributed by atoms with Crippen molar-refractivity contribution in [2.45, 2.75) is 26.3 Å². The number of halogens is 1. The van der Waals surface area contributed by atoms with Crippen LogP contribution >= 0.6 is 0 Å². The summed E-state index contributed by atoms with van der Waals surface area (Å²) in [7, 11) is 0. The third-order valence-electron chi connectivity index (χ3n) is 3.90. The fourth-order valence-corrected chi connectivity index (χ4v) is 2.64. The van der Waals surface area contributed by atoms with Crippen molar-refractivity contribution in [2.24, 2.45) is 0 Å². The highest BCUT2D eigenvalue weighted by molar-refractivity contribution is 5.90. The SMILES string of the molecule is Cc1cc(NC(=O)CCc2ccc(F)cc2)n(Cc2ccccc2)n1. The predicted octanol–water partition coefficient (Wildman–Crippen LogP) is 3.95. The number of nitrogens with one attached hydrogen (secondary N) is 1. The van der Waals surface area contributed by atoms with Crippen molar-refractivity contribution in [3.05, 3.63) is 83.3 Å². The number of amides is 1. The Morgan fingerprint density at radius 1 is 1.08 bits per heavy atom. The van der Waals surface area contributed by atoms with Crippen LogP contribution in [-0.2, 0) is 17.8 Å². The Labute approximate surface area is 146 Å². The van der Waals surface area contributed by atoms with Crippen molar-refractivity contribution >= 4 is 11.7 Å². The molecule has 0 spiro atoms. The average molecular weight is 337 g/mol. The Bertz CT molecular complexity index is 841. The van der Waals surface area contributed by atoms with Gasteiger partial charge in [0.1, 0.15) is 11.6 Å². The number of carbonyl (C=O) groups excluding carboxylic acids is 1. The first-order valence-corrected chi connectivity index (χ1v) is 8.23. The van der Waals surface area contributed by atoms with Crippen LogP contribution in [0, 0.1) is 12.7 Å². The molecule has 0 saturated heterocycles. The minimum absolute atomic E-state index is 0.0847. The number of hydrogen-bond donors (Lipinski definition) is 1. The lowest BCUT2D eigenvalue weighted by Gasteiger charge is -2.09. The smallest absolute Gasteiger partial charge is 0.225 e. The number of hydrogen-bond acceptors (Lipinski definition) is 2. The minimum Gasteiger partial charge on any atom is -0.311 e. The van der Waals surface area contributed by atoms with Gasteiger partial charge in [0.25, 0.3) is 0 Å². The van der Waals surface area contributed by atoms with Crippen LogP contribution in [0.15, 0.2) is 60.7 Å². The van der Waals surface area contributed by atoms with Gasteiger partial charge in [-0.05, 0) is 36.6 Å². The molecule has 1 N–H and O–H groups in total. The number of benzene rings is 2. The van der Waals surface area contributed by atoms with E-state index in [2.05, 4.69) is 10.4 Å². The standard InChI is InChI=1S/C20H20FN3O/c1-15-13-19(24(23-15)14-17-5-3-2-4-6-17)22-20(25)12-9-16-7-10-18(21)11-8-16/h2-8,10-11,13H,9,12,14H2,1H3,(H,22,25). The summed E-state index contributed by atoms with van der Waals surface area (Å²) >= 11 is 0. The van der Waals surface area contributed by atoms with Gasteiger partial charge in [-0.25, -0.2) is 9.07 Å². The van der Waals surface area contributed by atoms with E-state index in [0.717, 1.165) is 16.8 Å². The van der Waals surface area contributed by atoms with Gasteiger partial charge in [0.15, 0.2) is 0 Å². The van der Waals surface area contributed by atoms with E-state index in [4.69, 9.17) is 0 Å². The van der Waals surface area contributed by atoms with Gasteiger partial charge in [-0.2, -0.15) is 5.10 Å². The second kappa shape index (κ2) is 7.75. The number of anilines is 1. The summed E-state index contributed by atoms with van der Waals surface area (Å²) in [5.41, 5.74) is 2.91. The third-order valence-corrected chi connectivity index (χ3v) is 3.90. The Morgan fingerprint density at radius 2 is 1.80 bits per heavy atom. The zero-order chi connectivity index (χ0) is 17.6. The van der Waals surface area contributed by atoms with Gasteiger partial charge in [-0.3, -0.25) is 4.79 Å². The summed E-state index contributed by atoms with van der Waals surface area (Å²) in [6.07, 6.45) is 0.902. The first-order chi connectivity index (χ1) is 12.1. The molecule has 1 heterocycles. The zero-order valence-corrected chi connectivity index (χ0v) is 14.1. The number of aryl methyl sites for hydroxylation is 2. The second-order valence-corrected chi connectivity index (χ2v) is 5.99. The molecule has 2 aromatic carbocycles. The molecule has 3 aromatic rings. The van der Waals surface area contributed by atoms with Crippen LogP contribution in [0.3, 0.4) is 0 Å². The summed E-state index contributed by atoms with van der Waals surface area (Å²) < 4.78 is 14.7. The van der Waals surface area contributed by atoms with Crippen LogP contribution in [0.1, 0.15) is 23.2 Å². The molecule has 0 atom stereocenters. The summed E-state index contributed by atoms with van der Waals surface area (Å²) in [5, 5.41) is 7.37. The van der Waals surface area contributed by atoms with E-state index in [9.17, 15) is 9.18 Å². The average Bonchev–Trinajstić information content (AvgIpc) is 2.94. The van der Waals surface area contributed by atoms with Crippen molar-refractivity contribution in [1.29, 1.82) is 0 Å². The highest BCUT2D eigenvalue weighted by Gasteiger charge is 2.10. The first kappa shape index (κ1) is 16.9. The Morgan fingerprint density at radius 3 is 2.52 bits per heavy atom. The minimum atomic E-state index is -0.270. The van der Waals surface area contributed by atoms with Crippen LogP contribution in [0.4, 0.5) is 10.2 Å². The fraction of sp³-hybridized carbons (Fsp3) is 0.200. The molecule has 0 bridgehead atoms. The molecular weight excluding hydrogens is 317 g/mol. The highest BCUT2D eigenvalue weighted by Crippen LogP contribution is 2.14. The van der Waals surface area contributed by atoms with E-state index < -0.39 is 0 Å². The third kappa shape index (κ3) is 4.76. The molecule has 0 unspecified atom stereocenters. The van der Waals surface area contributed by atoms with E-state index in [1.807, 2.05) is 43.3 Å². The van der Waals surface area contributed by atoms with Crippen molar-refractivity contribution in [3.8, 4) is 0 Å². The highest BCUT2D eigenvalue weighted by atomic mass is 19.1. The van der Waals surface area contributed by atoms with Crippen LogP contribution in [0.25, 0.3) is 0 Å². The zero-order valence-electron chi connectivity index (χ0n) is 14.1. The monoisotopic (exact) mass is 337 g/mol. The molecule has 0 fully saturated rings. The molecule has 5 heteroatoms. The lowest BCUT2D eigenvalue weighted by atomic mass is 10.1. The van der Waals surface area contributed by atoms with Gasteiger partial charge >= 0.3 is 0 Å². The van der Waals surface area contributed by atoms with Gasteiger partial charge in [0, 0.05) is 12.5 Å². The Balaban J connectivity index is 1.62. The summed E-state index contributed by atoms with van der Waals surface area (Å²) in [5.74, 6) is 0.331. The molecule has 0 saturated carbocycles. The van der Waals surface area contributed by atoms with Gasteiger partial charge in [-0.15, -0.1) is 0 Å². The lowest BCUT2D eigenvalue weighted by molar-refractivity contribution is -0.116. The van der Waals surface area contributed by atoms with Crippen LogP contribution in [0.5, 0.6) is 0 Å². The number of aromatic nitrogens is 2. The Kier molecular flexibility index (Phi) is 5.23. The molecule has 0 radical (unpaired) electrons. The molecule has 3 rings (SSSR count). The first-order valence-electron chi connectivity index (χ1n) is 8.23. The second-order valence-electron chi connectivity index (χ2n) is 5.99. The Hall–Kier alpha value is -2.95. The van der Waals surface area contributed by atoms with Crippen LogP contribution in [0.2, 0.25) is 0 Å². The molecule has 128 valence electrons. The fourth-order valence-electron chi connectivity index (χ4n) is 2.64. The van der Waals surface area contributed by atoms with Gasteiger partial charge in [0.05, 0.1) is 12.2 Å². The summed E-state index contributed by atoms with van der Waals surface area (Å²) in [4.78, 5) is 12.2. The van der Waals surface area contributed by atoms with E-state index in [1.165, 1.54) is 12.1 Å². The lowest BCUT2D eigenvalue weighted by Crippen LogP contribution is -2.16. The number of nitrogens with zero attached hydrogens (tertiary/aromatic N) is 2. The largest absolute Gasteiger partial charge is 0.311 e. The quantitative estimate of drug-likeness (QED) is 0.740. The molecule has 1 amide bonds. The van der Waals surface area contributed by atoms with Gasteiger partial charge in [-0.1, -0.05) is 42.5 Å². The number of rotatable bonds is 6. The molecular formula is C20H20FN3O. The molecule has 25 heavy (non-hydrogen) atoms. The van der Waals surface area contributed by atoms with Crippen molar-refractivity contribution in [1.82, 2.24) is 9.78 Å².